The number of alkyl halides is 6. The molecule has 0 aliphatic rings. The van der Waals surface area contributed by atoms with Gasteiger partial charge in [0.1, 0.15) is 18.8 Å². The van der Waals surface area contributed by atoms with Crippen LogP contribution in [0.4, 0.5) is 26.3 Å². The summed E-state index contributed by atoms with van der Waals surface area (Å²) < 4.78 is 78.5. The standard InChI is InChI=1S/C22H8F6N2O4S2/c23-21(24,25)9-3-1-5-11(7-9)29-17(31)13-14(18(29)32)36-16-15(35-13)19(33)30(20(16)34)12-6-2-4-10(8-12)22(26,27)28/h1-8H. The van der Waals surface area contributed by atoms with Crippen molar-refractivity contribution in [2.75, 3.05) is 0 Å². The summed E-state index contributed by atoms with van der Waals surface area (Å²) in [6.45, 7) is 0. The van der Waals surface area contributed by atoms with Gasteiger partial charge in [-0.25, -0.2) is 9.13 Å². The van der Waals surface area contributed by atoms with E-state index < -0.39 is 45.7 Å². The van der Waals surface area contributed by atoms with Crippen molar-refractivity contribution in [3.63, 3.8) is 0 Å². The molecular formula is C22H8F6N2O4S2. The minimum Gasteiger partial charge on any atom is -0.267 e. The smallest absolute Gasteiger partial charge is 0.267 e. The van der Waals surface area contributed by atoms with Crippen LogP contribution in [-0.2, 0) is 12.4 Å². The summed E-state index contributed by atoms with van der Waals surface area (Å²) in [6, 6.07) is 7.08. The lowest BCUT2D eigenvalue weighted by molar-refractivity contribution is -0.138. The maximum atomic E-state index is 13.1. The highest BCUT2D eigenvalue weighted by atomic mass is 32.1. The van der Waals surface area contributed by atoms with Crippen LogP contribution in [0.1, 0.15) is 11.1 Å². The molecule has 3 heterocycles. The van der Waals surface area contributed by atoms with E-state index in [4.69, 9.17) is 0 Å². The molecule has 0 bridgehead atoms. The zero-order chi connectivity index (χ0) is 26.2. The van der Waals surface area contributed by atoms with E-state index in [1.807, 2.05) is 0 Å². The Bertz CT molecular complexity index is 1700. The highest BCUT2D eigenvalue weighted by Gasteiger charge is 2.32. The van der Waals surface area contributed by atoms with E-state index >= 15 is 0 Å². The molecule has 0 aliphatic heterocycles. The van der Waals surface area contributed by atoms with Crippen LogP contribution in [0.5, 0.6) is 0 Å². The second kappa shape index (κ2) is 7.86. The van der Waals surface area contributed by atoms with Gasteiger partial charge in [-0.1, -0.05) is 12.1 Å². The fourth-order valence-corrected chi connectivity index (χ4v) is 6.00. The van der Waals surface area contributed by atoms with Crippen molar-refractivity contribution in [1.82, 2.24) is 9.13 Å². The topological polar surface area (TPSA) is 78.1 Å². The van der Waals surface area contributed by atoms with E-state index in [1.54, 1.807) is 0 Å². The van der Waals surface area contributed by atoms with Crippen molar-refractivity contribution in [1.29, 1.82) is 0 Å². The first-order valence-electron chi connectivity index (χ1n) is 9.75. The molecule has 0 radical (unpaired) electrons. The number of benzene rings is 2. The minimum absolute atomic E-state index is 0.270. The quantitative estimate of drug-likeness (QED) is 0.305. The molecule has 2 aromatic carbocycles. The van der Waals surface area contributed by atoms with Crippen molar-refractivity contribution in [3.05, 3.63) is 101 Å². The number of fused-ring (bicyclic) bond motifs is 2. The van der Waals surface area contributed by atoms with E-state index in [1.165, 1.54) is 0 Å². The largest absolute Gasteiger partial charge is 0.416 e. The van der Waals surface area contributed by atoms with E-state index in [0.29, 0.717) is 43.9 Å². The van der Waals surface area contributed by atoms with Gasteiger partial charge in [-0.2, -0.15) is 26.3 Å². The van der Waals surface area contributed by atoms with Gasteiger partial charge in [0.25, 0.3) is 22.2 Å². The van der Waals surface area contributed by atoms with E-state index in [0.717, 1.165) is 36.4 Å². The van der Waals surface area contributed by atoms with Crippen molar-refractivity contribution in [2.45, 2.75) is 12.4 Å². The molecule has 0 spiro atoms. The van der Waals surface area contributed by atoms with Crippen molar-refractivity contribution in [3.8, 4) is 11.4 Å². The van der Waals surface area contributed by atoms with E-state index in [-0.39, 0.29) is 30.2 Å². The molecular weight excluding hydrogens is 534 g/mol. The molecule has 0 fully saturated rings. The second-order valence-electron chi connectivity index (χ2n) is 7.51. The molecule has 184 valence electrons. The normalized spacial score (nSPS) is 12.6. The average molecular weight is 542 g/mol. The lowest BCUT2D eigenvalue weighted by Crippen LogP contribution is -2.24. The SMILES string of the molecule is O=c1c2sc3c(=O)n(-c4cccc(C(F)(F)F)c4)c(=O)c3sc2c(=O)n1-c1cccc(C(F)(F)F)c1. The molecule has 3 aromatic heterocycles. The Kier molecular flexibility index (Phi) is 5.23. The molecule has 36 heavy (non-hydrogen) atoms. The van der Waals surface area contributed by atoms with E-state index in [9.17, 15) is 45.5 Å². The van der Waals surface area contributed by atoms with Crippen molar-refractivity contribution >= 4 is 41.5 Å². The highest BCUT2D eigenvalue weighted by Crippen LogP contribution is 2.32. The fourth-order valence-electron chi connectivity index (χ4n) is 3.65. The molecule has 0 N–H and O–H groups in total. The first-order chi connectivity index (χ1) is 16.8. The maximum absolute atomic E-state index is 13.1. The highest BCUT2D eigenvalue weighted by molar-refractivity contribution is 7.36. The zero-order valence-electron chi connectivity index (χ0n) is 17.2. The van der Waals surface area contributed by atoms with Crippen LogP contribution >= 0.6 is 22.7 Å². The van der Waals surface area contributed by atoms with Crippen LogP contribution in [0.25, 0.3) is 30.2 Å². The van der Waals surface area contributed by atoms with Crippen LogP contribution < -0.4 is 22.2 Å². The molecule has 5 aromatic rings. The average Bonchev–Trinajstić information content (AvgIpc) is 3.21. The predicted octanol–water partition coefficient (Wildman–Crippen LogP) is 4.61. The second-order valence-corrected chi connectivity index (χ2v) is 9.55. The van der Waals surface area contributed by atoms with Gasteiger partial charge in [-0.15, -0.1) is 22.7 Å². The van der Waals surface area contributed by atoms with Gasteiger partial charge in [0.05, 0.1) is 22.5 Å². The predicted molar refractivity (Wildman–Crippen MR) is 122 cm³/mol. The number of hydrogen-bond donors (Lipinski definition) is 0. The number of halogens is 6. The number of nitrogens with zero attached hydrogens (tertiary/aromatic N) is 2. The van der Waals surface area contributed by atoms with Gasteiger partial charge in [-0.05, 0) is 36.4 Å². The molecule has 0 saturated heterocycles. The van der Waals surface area contributed by atoms with Crippen molar-refractivity contribution < 1.29 is 26.3 Å². The third kappa shape index (κ3) is 3.64. The number of rotatable bonds is 2. The Labute approximate surface area is 201 Å². The van der Waals surface area contributed by atoms with Crippen molar-refractivity contribution in [2.24, 2.45) is 0 Å². The Balaban J connectivity index is 1.76. The summed E-state index contributed by atoms with van der Waals surface area (Å²) in [5.74, 6) is 0. The van der Waals surface area contributed by atoms with Gasteiger partial charge in [0.2, 0.25) is 0 Å². The minimum atomic E-state index is -4.73. The maximum Gasteiger partial charge on any atom is 0.416 e. The third-order valence-electron chi connectivity index (χ3n) is 5.27. The monoisotopic (exact) mass is 542 g/mol. The van der Waals surface area contributed by atoms with Gasteiger partial charge < -0.3 is 0 Å². The van der Waals surface area contributed by atoms with Gasteiger partial charge in [0.15, 0.2) is 0 Å². The first kappa shape index (κ1) is 23.9. The summed E-state index contributed by atoms with van der Waals surface area (Å²) in [7, 11) is 0. The molecule has 0 unspecified atom stereocenters. The van der Waals surface area contributed by atoms with E-state index in [2.05, 4.69) is 0 Å². The summed E-state index contributed by atoms with van der Waals surface area (Å²) in [6.07, 6.45) is -9.46. The first-order valence-corrected chi connectivity index (χ1v) is 11.4. The zero-order valence-corrected chi connectivity index (χ0v) is 18.9. The Morgan fingerprint density at radius 3 is 1.11 bits per heavy atom. The third-order valence-corrected chi connectivity index (χ3v) is 7.86. The van der Waals surface area contributed by atoms with Gasteiger partial charge >= 0.3 is 12.4 Å². The summed E-state index contributed by atoms with van der Waals surface area (Å²) in [5, 5.41) is 0. The van der Waals surface area contributed by atoms with Crippen LogP contribution in [0.15, 0.2) is 67.7 Å². The summed E-state index contributed by atoms with van der Waals surface area (Å²) in [4.78, 5) is 51.9. The Morgan fingerprint density at radius 2 is 0.833 bits per heavy atom. The van der Waals surface area contributed by atoms with Crippen LogP contribution in [0, 0.1) is 0 Å². The van der Waals surface area contributed by atoms with Gasteiger partial charge in [0, 0.05) is 0 Å². The molecule has 0 aliphatic carbocycles. The van der Waals surface area contributed by atoms with Crippen LogP contribution in [0.3, 0.4) is 0 Å². The van der Waals surface area contributed by atoms with Crippen LogP contribution in [0.2, 0.25) is 0 Å². The molecule has 0 saturated carbocycles. The summed E-state index contributed by atoms with van der Waals surface area (Å²) >= 11 is 0.965. The Morgan fingerprint density at radius 1 is 0.528 bits per heavy atom. The number of aromatic nitrogens is 2. The summed E-state index contributed by atoms with van der Waals surface area (Å²) in [5.41, 5.74) is -6.83. The lowest BCUT2D eigenvalue weighted by atomic mass is 10.2. The van der Waals surface area contributed by atoms with Crippen LogP contribution in [-0.4, -0.2) is 9.13 Å². The molecule has 14 heteroatoms. The Hall–Kier alpha value is -3.78. The molecule has 0 amide bonds. The van der Waals surface area contributed by atoms with Gasteiger partial charge in [-0.3, -0.25) is 19.2 Å². The molecule has 5 rings (SSSR count). The molecule has 6 nitrogen and oxygen atoms in total. The fraction of sp³-hybridized carbons (Fsp3) is 0.0909. The molecule has 0 atom stereocenters. The lowest BCUT2D eigenvalue weighted by Gasteiger charge is -2.08. The number of hydrogen-bond acceptors (Lipinski definition) is 6.